The first-order valence-corrected chi connectivity index (χ1v) is 8.39. The first-order chi connectivity index (χ1) is 13.6. The van der Waals surface area contributed by atoms with Crippen LogP contribution >= 0.6 is 0 Å². The van der Waals surface area contributed by atoms with Crippen molar-refractivity contribution in [3.8, 4) is 29.4 Å². The third kappa shape index (κ3) is 4.69. The zero-order chi connectivity index (χ0) is 19.9. The SMILES string of the molecule is N#Cc1ccc(OCc2cc(Oc3ccc(C#N)cc3)ccc2B(O)O)cc1. The second-order valence-electron chi connectivity index (χ2n) is 5.90. The summed E-state index contributed by atoms with van der Waals surface area (Å²) >= 11 is 0. The predicted octanol–water partition coefficient (Wildman–Crippen LogP) is 2.48. The van der Waals surface area contributed by atoms with Gasteiger partial charge in [0, 0.05) is 0 Å². The van der Waals surface area contributed by atoms with Gasteiger partial charge in [-0.3, -0.25) is 0 Å². The van der Waals surface area contributed by atoms with E-state index >= 15 is 0 Å². The molecule has 2 N–H and O–H groups in total. The Kier molecular flexibility index (Phi) is 5.93. The van der Waals surface area contributed by atoms with E-state index in [0.29, 0.717) is 39.4 Å². The van der Waals surface area contributed by atoms with E-state index in [4.69, 9.17) is 20.0 Å². The minimum atomic E-state index is -1.65. The first-order valence-electron chi connectivity index (χ1n) is 8.39. The maximum Gasteiger partial charge on any atom is 0.488 e. The number of benzene rings is 3. The van der Waals surface area contributed by atoms with Crippen LogP contribution in [0.25, 0.3) is 0 Å². The zero-order valence-electron chi connectivity index (χ0n) is 14.7. The van der Waals surface area contributed by atoms with Crippen molar-refractivity contribution >= 4 is 12.6 Å². The fourth-order valence-electron chi connectivity index (χ4n) is 2.54. The zero-order valence-corrected chi connectivity index (χ0v) is 14.7. The molecule has 0 bridgehead atoms. The Hall–Kier alpha value is -3.78. The van der Waals surface area contributed by atoms with E-state index in [-0.39, 0.29) is 6.61 Å². The molecule has 0 heterocycles. The molecule has 0 radical (unpaired) electrons. The first kappa shape index (κ1) is 19.0. The molecule has 3 rings (SSSR count). The van der Waals surface area contributed by atoms with Crippen molar-refractivity contribution in [1.29, 1.82) is 10.5 Å². The van der Waals surface area contributed by atoms with Crippen LogP contribution in [-0.2, 0) is 6.61 Å². The lowest BCUT2D eigenvalue weighted by molar-refractivity contribution is 0.305. The number of ether oxygens (including phenoxy) is 2. The van der Waals surface area contributed by atoms with Crippen molar-refractivity contribution in [1.82, 2.24) is 0 Å². The largest absolute Gasteiger partial charge is 0.489 e. The van der Waals surface area contributed by atoms with Crippen molar-refractivity contribution in [2.75, 3.05) is 0 Å². The lowest BCUT2D eigenvalue weighted by Crippen LogP contribution is -2.33. The smallest absolute Gasteiger partial charge is 0.488 e. The summed E-state index contributed by atoms with van der Waals surface area (Å²) in [6.07, 6.45) is 0. The minimum Gasteiger partial charge on any atom is -0.489 e. The van der Waals surface area contributed by atoms with Crippen molar-refractivity contribution in [3.63, 3.8) is 0 Å². The van der Waals surface area contributed by atoms with E-state index in [1.165, 1.54) is 0 Å². The van der Waals surface area contributed by atoms with Crippen molar-refractivity contribution < 1.29 is 19.5 Å². The highest BCUT2D eigenvalue weighted by Crippen LogP contribution is 2.23. The van der Waals surface area contributed by atoms with Crippen LogP contribution in [0.1, 0.15) is 16.7 Å². The number of rotatable bonds is 6. The number of nitrogens with zero attached hydrogens (tertiary/aromatic N) is 2. The second kappa shape index (κ2) is 8.74. The van der Waals surface area contributed by atoms with Crippen LogP contribution in [0.4, 0.5) is 0 Å². The van der Waals surface area contributed by atoms with E-state index < -0.39 is 7.12 Å². The summed E-state index contributed by atoms with van der Waals surface area (Å²) in [5, 5.41) is 36.9. The Bertz CT molecular complexity index is 1040. The van der Waals surface area contributed by atoms with E-state index in [9.17, 15) is 10.0 Å². The summed E-state index contributed by atoms with van der Waals surface area (Å²) in [4.78, 5) is 0. The number of hydrogen-bond donors (Lipinski definition) is 2. The van der Waals surface area contributed by atoms with Gasteiger partial charge in [-0.25, -0.2) is 0 Å². The Labute approximate surface area is 162 Å². The Morgan fingerprint density at radius 3 is 1.82 bits per heavy atom. The van der Waals surface area contributed by atoms with Crippen LogP contribution in [0.15, 0.2) is 66.7 Å². The highest BCUT2D eigenvalue weighted by atomic mass is 16.5. The average Bonchev–Trinajstić information content (AvgIpc) is 2.73. The summed E-state index contributed by atoms with van der Waals surface area (Å²) < 4.78 is 11.5. The molecule has 28 heavy (non-hydrogen) atoms. The molecule has 3 aromatic carbocycles. The molecule has 6 nitrogen and oxygen atoms in total. The van der Waals surface area contributed by atoms with Gasteiger partial charge in [0.15, 0.2) is 0 Å². The summed E-state index contributed by atoms with van der Waals surface area (Å²) in [7, 11) is -1.65. The molecule has 0 saturated carbocycles. The Morgan fingerprint density at radius 2 is 1.29 bits per heavy atom. The molecule has 0 aromatic heterocycles. The molecule has 3 aromatic rings. The monoisotopic (exact) mass is 370 g/mol. The van der Waals surface area contributed by atoms with Gasteiger partial charge in [0.2, 0.25) is 0 Å². The molecule has 0 aliphatic heterocycles. The third-order valence-corrected chi connectivity index (χ3v) is 3.99. The van der Waals surface area contributed by atoms with Crippen molar-refractivity contribution in [2.45, 2.75) is 6.61 Å². The molecule has 0 spiro atoms. The van der Waals surface area contributed by atoms with Crippen molar-refractivity contribution in [2.24, 2.45) is 0 Å². The van der Waals surface area contributed by atoms with Gasteiger partial charge in [0.25, 0.3) is 0 Å². The standard InChI is InChI=1S/C21H15BN2O4/c23-12-15-1-5-18(6-2-15)27-14-17-11-20(9-10-21(17)22(25)26)28-19-7-3-16(13-24)4-8-19/h1-11,25-26H,14H2. The van der Waals surface area contributed by atoms with Crippen LogP contribution in [0.5, 0.6) is 17.2 Å². The van der Waals surface area contributed by atoms with Gasteiger partial charge in [-0.1, -0.05) is 6.07 Å². The van der Waals surface area contributed by atoms with Crippen LogP contribution in [-0.4, -0.2) is 17.2 Å². The Morgan fingerprint density at radius 1 is 0.750 bits per heavy atom. The van der Waals surface area contributed by atoms with E-state index in [1.807, 2.05) is 12.1 Å². The van der Waals surface area contributed by atoms with E-state index in [0.717, 1.165) is 0 Å². The fourth-order valence-corrected chi connectivity index (χ4v) is 2.54. The van der Waals surface area contributed by atoms with Gasteiger partial charge in [0.05, 0.1) is 23.3 Å². The quantitative estimate of drug-likeness (QED) is 0.646. The van der Waals surface area contributed by atoms with Crippen LogP contribution < -0.4 is 14.9 Å². The molecule has 7 heteroatoms. The van der Waals surface area contributed by atoms with Gasteiger partial charge in [-0.2, -0.15) is 10.5 Å². The van der Waals surface area contributed by atoms with E-state index in [1.54, 1.807) is 66.7 Å². The van der Waals surface area contributed by atoms with Gasteiger partial charge in [0.1, 0.15) is 23.9 Å². The maximum absolute atomic E-state index is 9.60. The normalized spacial score (nSPS) is 9.86. The highest BCUT2D eigenvalue weighted by molar-refractivity contribution is 6.59. The van der Waals surface area contributed by atoms with Gasteiger partial charge in [-0.15, -0.1) is 0 Å². The summed E-state index contributed by atoms with van der Waals surface area (Å²) in [6.45, 7) is 0.0867. The summed E-state index contributed by atoms with van der Waals surface area (Å²) in [6, 6.07) is 22.2. The molecule has 0 saturated heterocycles. The lowest BCUT2D eigenvalue weighted by atomic mass is 9.77. The van der Waals surface area contributed by atoms with Gasteiger partial charge < -0.3 is 19.5 Å². The number of hydrogen-bond acceptors (Lipinski definition) is 6. The van der Waals surface area contributed by atoms with Crippen LogP contribution in [0.3, 0.4) is 0 Å². The molecule has 0 aliphatic rings. The van der Waals surface area contributed by atoms with Crippen molar-refractivity contribution in [3.05, 3.63) is 83.4 Å². The molecule has 0 atom stereocenters. The van der Waals surface area contributed by atoms with Crippen LogP contribution in [0.2, 0.25) is 0 Å². The summed E-state index contributed by atoms with van der Waals surface area (Å²) in [5.74, 6) is 1.60. The summed E-state index contributed by atoms with van der Waals surface area (Å²) in [5.41, 5.74) is 1.91. The highest BCUT2D eigenvalue weighted by Gasteiger charge is 2.17. The van der Waals surface area contributed by atoms with E-state index in [2.05, 4.69) is 0 Å². The predicted molar refractivity (Wildman–Crippen MR) is 103 cm³/mol. The Balaban J connectivity index is 1.78. The molecule has 0 fully saturated rings. The molecule has 0 aliphatic carbocycles. The van der Waals surface area contributed by atoms with Gasteiger partial charge in [-0.05, 0) is 71.7 Å². The fraction of sp³-hybridized carbons (Fsp3) is 0.0476. The molecule has 0 amide bonds. The molecule has 136 valence electrons. The molecule has 0 unspecified atom stereocenters. The maximum atomic E-state index is 9.60. The minimum absolute atomic E-state index is 0.0867. The second-order valence-corrected chi connectivity index (χ2v) is 5.90. The third-order valence-electron chi connectivity index (χ3n) is 3.99. The topological polar surface area (TPSA) is 106 Å². The van der Waals surface area contributed by atoms with Gasteiger partial charge >= 0.3 is 7.12 Å². The molecular weight excluding hydrogens is 355 g/mol. The average molecular weight is 370 g/mol. The van der Waals surface area contributed by atoms with Crippen LogP contribution in [0, 0.1) is 22.7 Å². The number of nitriles is 2. The lowest BCUT2D eigenvalue weighted by Gasteiger charge is -2.13. The molecular formula is C21H15BN2O4.